The number of sulfone groups is 1. The molecule has 2 aromatic carbocycles. The van der Waals surface area contributed by atoms with Crippen molar-refractivity contribution in [2.45, 2.75) is 31.6 Å². The lowest BCUT2D eigenvalue weighted by Gasteiger charge is -2.20. The Bertz CT molecular complexity index is 962. The zero-order valence-corrected chi connectivity index (χ0v) is 16.1. The molecule has 2 nitrogen and oxygen atoms in total. The monoisotopic (exact) mass is 370 g/mol. The molecule has 26 heavy (non-hydrogen) atoms. The molecule has 2 aromatic rings. The van der Waals surface area contributed by atoms with Gasteiger partial charge in [0.2, 0.25) is 0 Å². The third-order valence-corrected chi connectivity index (χ3v) is 6.35. The number of benzene rings is 2. The first-order chi connectivity index (χ1) is 12.3. The van der Waals surface area contributed by atoms with Gasteiger partial charge >= 0.3 is 0 Å². The van der Waals surface area contributed by atoms with Crippen LogP contribution in [0.15, 0.2) is 65.6 Å². The highest BCUT2D eigenvalue weighted by atomic mass is 32.2. The van der Waals surface area contributed by atoms with Crippen molar-refractivity contribution in [3.05, 3.63) is 77.6 Å². The molecule has 3 rings (SSSR count). The number of hydrogen-bond acceptors (Lipinski definition) is 2. The summed E-state index contributed by atoms with van der Waals surface area (Å²) in [5.41, 5.74) is 4.04. The summed E-state index contributed by atoms with van der Waals surface area (Å²) in [6, 6.07) is 13.5. The van der Waals surface area contributed by atoms with Gasteiger partial charge in [0.25, 0.3) is 0 Å². The van der Waals surface area contributed by atoms with E-state index in [-0.39, 0.29) is 11.2 Å². The van der Waals surface area contributed by atoms with E-state index in [4.69, 9.17) is 0 Å². The zero-order chi connectivity index (χ0) is 18.9. The smallest absolute Gasteiger partial charge is 0.175 e. The Morgan fingerprint density at radius 3 is 1.62 bits per heavy atom. The number of allylic oxidation sites excluding steroid dienone is 4. The van der Waals surface area contributed by atoms with Gasteiger partial charge in [0.1, 0.15) is 5.82 Å². The van der Waals surface area contributed by atoms with E-state index < -0.39 is 9.84 Å². The molecule has 0 spiro atoms. The summed E-state index contributed by atoms with van der Waals surface area (Å²) in [5, 5.41) is 0. The van der Waals surface area contributed by atoms with Gasteiger partial charge in [0.05, 0.1) is 4.90 Å². The summed E-state index contributed by atoms with van der Waals surface area (Å²) >= 11 is 0. The fourth-order valence-electron chi connectivity index (χ4n) is 3.42. The van der Waals surface area contributed by atoms with Gasteiger partial charge in [-0.2, -0.15) is 0 Å². The maximum atomic E-state index is 13.3. The van der Waals surface area contributed by atoms with Gasteiger partial charge in [-0.05, 0) is 59.4 Å². The Balaban J connectivity index is 2.10. The van der Waals surface area contributed by atoms with E-state index in [0.29, 0.717) is 4.90 Å². The van der Waals surface area contributed by atoms with Crippen molar-refractivity contribution in [3.8, 4) is 0 Å². The Labute approximate surface area is 155 Å². The van der Waals surface area contributed by atoms with E-state index >= 15 is 0 Å². The van der Waals surface area contributed by atoms with Gasteiger partial charge in [-0.25, -0.2) is 12.8 Å². The second kappa shape index (κ2) is 6.84. The molecule has 0 radical (unpaired) electrons. The van der Waals surface area contributed by atoms with Crippen molar-refractivity contribution in [1.29, 1.82) is 0 Å². The average Bonchev–Trinajstić information content (AvgIpc) is 3.02. The average molecular weight is 370 g/mol. The van der Waals surface area contributed by atoms with Crippen LogP contribution < -0.4 is 0 Å². The topological polar surface area (TPSA) is 34.1 Å². The Morgan fingerprint density at radius 1 is 0.808 bits per heavy atom. The fourth-order valence-corrected chi connectivity index (χ4v) is 4.05. The second-order valence-electron chi connectivity index (χ2n) is 6.86. The molecule has 0 amide bonds. The van der Waals surface area contributed by atoms with Crippen molar-refractivity contribution in [2.24, 2.45) is 5.41 Å². The molecule has 0 atom stereocenters. The van der Waals surface area contributed by atoms with E-state index in [1.54, 1.807) is 24.3 Å². The molecule has 0 saturated carbocycles. The van der Waals surface area contributed by atoms with E-state index in [1.165, 1.54) is 18.4 Å². The van der Waals surface area contributed by atoms with Crippen LogP contribution in [0.1, 0.15) is 37.8 Å². The SMILES string of the molecule is CCC1(CC)C=C(c2ccc(F)cc2)C(c2ccc(S(C)(=O)=O)cc2)=C1. The Hall–Kier alpha value is -2.20. The minimum Gasteiger partial charge on any atom is -0.224 e. The number of hydrogen-bond donors (Lipinski definition) is 0. The van der Waals surface area contributed by atoms with Gasteiger partial charge in [-0.3, -0.25) is 0 Å². The van der Waals surface area contributed by atoms with Crippen LogP contribution >= 0.6 is 0 Å². The Morgan fingerprint density at radius 2 is 1.23 bits per heavy atom. The van der Waals surface area contributed by atoms with Gasteiger partial charge in [0.15, 0.2) is 9.84 Å². The first-order valence-electron chi connectivity index (χ1n) is 8.80. The van der Waals surface area contributed by atoms with Crippen LogP contribution in [0.4, 0.5) is 4.39 Å². The van der Waals surface area contributed by atoms with Crippen LogP contribution in [-0.2, 0) is 9.84 Å². The van der Waals surface area contributed by atoms with Crippen LogP contribution in [0, 0.1) is 11.2 Å². The summed E-state index contributed by atoms with van der Waals surface area (Å²) < 4.78 is 36.8. The molecule has 0 heterocycles. The predicted molar refractivity (Wildman–Crippen MR) is 105 cm³/mol. The summed E-state index contributed by atoms with van der Waals surface area (Å²) in [4.78, 5) is 0.310. The molecule has 0 N–H and O–H groups in total. The van der Waals surface area contributed by atoms with Crippen LogP contribution in [0.5, 0.6) is 0 Å². The maximum Gasteiger partial charge on any atom is 0.175 e. The van der Waals surface area contributed by atoms with E-state index in [0.717, 1.165) is 35.1 Å². The van der Waals surface area contributed by atoms with Gasteiger partial charge in [-0.15, -0.1) is 0 Å². The molecule has 1 aliphatic carbocycles. The first-order valence-corrected chi connectivity index (χ1v) is 10.7. The zero-order valence-electron chi connectivity index (χ0n) is 15.3. The van der Waals surface area contributed by atoms with Crippen molar-refractivity contribution < 1.29 is 12.8 Å². The lowest BCUT2D eigenvalue weighted by molar-refractivity contribution is 0.464. The van der Waals surface area contributed by atoms with E-state index in [2.05, 4.69) is 26.0 Å². The van der Waals surface area contributed by atoms with Gasteiger partial charge < -0.3 is 0 Å². The normalized spacial score (nSPS) is 16.3. The van der Waals surface area contributed by atoms with Crippen LogP contribution in [0.3, 0.4) is 0 Å². The van der Waals surface area contributed by atoms with Crippen LogP contribution in [-0.4, -0.2) is 14.7 Å². The minimum absolute atomic E-state index is 0.0332. The number of halogens is 1. The van der Waals surface area contributed by atoms with E-state index in [9.17, 15) is 12.8 Å². The molecule has 0 aliphatic heterocycles. The largest absolute Gasteiger partial charge is 0.224 e. The molecule has 0 aromatic heterocycles. The number of rotatable bonds is 5. The van der Waals surface area contributed by atoms with Crippen molar-refractivity contribution in [1.82, 2.24) is 0 Å². The van der Waals surface area contributed by atoms with Gasteiger partial charge in [-0.1, -0.05) is 50.3 Å². The fraction of sp³-hybridized carbons (Fsp3) is 0.273. The van der Waals surface area contributed by atoms with Crippen molar-refractivity contribution >= 4 is 21.0 Å². The Kier molecular flexibility index (Phi) is 4.89. The minimum atomic E-state index is -3.22. The molecule has 4 heteroatoms. The predicted octanol–water partition coefficient (Wildman–Crippen LogP) is 5.52. The summed E-state index contributed by atoms with van der Waals surface area (Å²) in [6.07, 6.45) is 7.68. The van der Waals surface area contributed by atoms with E-state index in [1.807, 2.05) is 12.1 Å². The maximum absolute atomic E-state index is 13.3. The molecule has 0 bridgehead atoms. The molecule has 0 saturated heterocycles. The highest BCUT2D eigenvalue weighted by molar-refractivity contribution is 7.90. The highest BCUT2D eigenvalue weighted by Gasteiger charge is 2.30. The lowest BCUT2D eigenvalue weighted by Crippen LogP contribution is -2.09. The van der Waals surface area contributed by atoms with Crippen LogP contribution in [0.2, 0.25) is 0 Å². The van der Waals surface area contributed by atoms with Crippen LogP contribution in [0.25, 0.3) is 11.1 Å². The molecular weight excluding hydrogens is 347 g/mol. The summed E-state index contributed by atoms with van der Waals surface area (Å²) in [7, 11) is -3.22. The molecule has 0 unspecified atom stereocenters. The lowest BCUT2D eigenvalue weighted by atomic mass is 9.84. The third kappa shape index (κ3) is 3.51. The van der Waals surface area contributed by atoms with Crippen molar-refractivity contribution in [3.63, 3.8) is 0 Å². The summed E-state index contributed by atoms with van der Waals surface area (Å²) in [5.74, 6) is -0.257. The van der Waals surface area contributed by atoms with Crippen molar-refractivity contribution in [2.75, 3.05) is 6.26 Å². The second-order valence-corrected chi connectivity index (χ2v) is 8.88. The standard InChI is InChI=1S/C22H23FO2S/c1-4-22(5-2)14-20(16-6-10-18(23)11-7-16)21(15-22)17-8-12-19(13-9-17)26(3,24)25/h6-15H,4-5H2,1-3H3. The third-order valence-electron chi connectivity index (χ3n) is 5.22. The first kappa shape index (κ1) is 18.6. The quantitative estimate of drug-likeness (QED) is 0.695. The van der Waals surface area contributed by atoms with Gasteiger partial charge in [0, 0.05) is 11.7 Å². The molecular formula is C22H23FO2S. The molecule has 1 aliphatic rings. The highest BCUT2D eigenvalue weighted by Crippen LogP contribution is 2.47. The summed E-state index contributed by atoms with van der Waals surface area (Å²) in [6.45, 7) is 4.32. The molecule has 136 valence electrons. The molecule has 0 fully saturated rings.